The Morgan fingerprint density at radius 1 is 1.17 bits per heavy atom. The minimum atomic E-state index is -4.57. The Balaban J connectivity index is 1.94. The van der Waals surface area contributed by atoms with Crippen molar-refractivity contribution in [1.82, 2.24) is 9.66 Å². The molecule has 176 valence electrons. The smallest absolute Gasteiger partial charge is 0.416 e. The molecule has 0 aliphatic carbocycles. The van der Waals surface area contributed by atoms with Gasteiger partial charge < -0.3 is 4.74 Å². The topological polar surface area (TPSA) is 56.5 Å². The van der Waals surface area contributed by atoms with Gasteiger partial charge in [-0.25, -0.2) is 4.98 Å². The van der Waals surface area contributed by atoms with Gasteiger partial charge in [-0.2, -0.15) is 22.9 Å². The van der Waals surface area contributed by atoms with Crippen LogP contribution in [0, 0.1) is 12.3 Å². The van der Waals surface area contributed by atoms with Crippen molar-refractivity contribution >= 4 is 44.6 Å². The molecule has 1 aromatic heterocycles. The zero-order valence-electron chi connectivity index (χ0n) is 17.7. The van der Waals surface area contributed by atoms with Gasteiger partial charge in [0.05, 0.1) is 27.2 Å². The summed E-state index contributed by atoms with van der Waals surface area (Å²) in [5.74, 6) is 2.62. The van der Waals surface area contributed by atoms with E-state index in [1.807, 2.05) is 0 Å². The van der Waals surface area contributed by atoms with E-state index in [1.54, 1.807) is 36.4 Å². The molecule has 0 saturated heterocycles. The minimum absolute atomic E-state index is 0.0337. The van der Waals surface area contributed by atoms with Gasteiger partial charge in [-0.15, -0.1) is 6.42 Å². The van der Waals surface area contributed by atoms with E-state index in [0.29, 0.717) is 26.3 Å². The first-order valence-electron chi connectivity index (χ1n) is 9.98. The highest BCUT2D eigenvalue weighted by molar-refractivity contribution is 9.10. The first kappa shape index (κ1) is 24.5. The molecule has 0 N–H and O–H groups in total. The number of halogens is 5. The first-order valence-corrected chi connectivity index (χ1v) is 11.1. The average Bonchev–Trinajstić information content (AvgIpc) is 2.82. The Morgan fingerprint density at radius 3 is 2.69 bits per heavy atom. The van der Waals surface area contributed by atoms with Crippen LogP contribution >= 0.6 is 27.5 Å². The van der Waals surface area contributed by atoms with E-state index in [4.69, 9.17) is 22.8 Å². The highest BCUT2D eigenvalue weighted by Crippen LogP contribution is 2.33. The van der Waals surface area contributed by atoms with Crippen molar-refractivity contribution in [3.8, 4) is 29.5 Å². The number of fused-ring (bicyclic) bond motifs is 1. The largest absolute Gasteiger partial charge is 0.479 e. The van der Waals surface area contributed by atoms with Gasteiger partial charge >= 0.3 is 6.18 Å². The Kier molecular flexibility index (Phi) is 6.96. The maximum Gasteiger partial charge on any atom is 0.416 e. The van der Waals surface area contributed by atoms with Gasteiger partial charge in [0.15, 0.2) is 5.82 Å². The summed E-state index contributed by atoms with van der Waals surface area (Å²) in [7, 11) is 0. The lowest BCUT2D eigenvalue weighted by atomic mass is 10.1. The summed E-state index contributed by atoms with van der Waals surface area (Å²) in [5.41, 5.74) is -0.673. The van der Waals surface area contributed by atoms with E-state index in [0.717, 1.165) is 16.8 Å². The summed E-state index contributed by atoms with van der Waals surface area (Å²) in [5, 5.41) is 4.87. The van der Waals surface area contributed by atoms with Crippen LogP contribution in [-0.2, 0) is 6.18 Å². The van der Waals surface area contributed by atoms with Gasteiger partial charge in [-0.1, -0.05) is 41.8 Å². The molecule has 0 aliphatic rings. The summed E-state index contributed by atoms with van der Waals surface area (Å²) in [6.45, 7) is -0.0337. The number of terminal acetylenes is 1. The summed E-state index contributed by atoms with van der Waals surface area (Å²) in [6.07, 6.45) is 2.02. The SMILES string of the molecule is C#CCOc1c(Br)cc(Cl)cc1C=Nn1c(-c2cccc(C(F)(F)F)c2)nc2ccccc2c1=O. The number of hydrogen-bond donors (Lipinski definition) is 0. The van der Waals surface area contributed by atoms with E-state index in [9.17, 15) is 18.0 Å². The summed E-state index contributed by atoms with van der Waals surface area (Å²) < 4.78 is 47.0. The second-order valence-electron chi connectivity index (χ2n) is 7.19. The summed E-state index contributed by atoms with van der Waals surface area (Å²) in [4.78, 5) is 17.7. The van der Waals surface area contributed by atoms with E-state index in [1.165, 1.54) is 18.3 Å². The standard InChI is InChI=1S/C25H14BrClF3N3O2/c1-2-10-35-22-16(12-18(27)13-20(22)26)14-31-33-23(15-6-5-7-17(11-15)25(28,29)30)32-21-9-4-3-8-19(21)24(33)34/h1,3-9,11-14H,10H2. The van der Waals surface area contributed by atoms with Gasteiger partial charge in [0.1, 0.15) is 12.4 Å². The summed E-state index contributed by atoms with van der Waals surface area (Å²) >= 11 is 9.51. The fourth-order valence-corrected chi connectivity index (χ4v) is 4.26. The molecule has 0 spiro atoms. The summed E-state index contributed by atoms with van der Waals surface area (Å²) in [6, 6.07) is 14.2. The van der Waals surface area contributed by atoms with Crippen molar-refractivity contribution in [2.75, 3.05) is 6.61 Å². The molecular weight excluding hydrogens is 547 g/mol. The van der Waals surface area contributed by atoms with Gasteiger partial charge in [0.2, 0.25) is 0 Å². The van der Waals surface area contributed by atoms with Gasteiger partial charge in [0.25, 0.3) is 5.56 Å². The molecule has 0 unspecified atom stereocenters. The zero-order valence-corrected chi connectivity index (χ0v) is 20.0. The fourth-order valence-electron chi connectivity index (χ4n) is 3.31. The Morgan fingerprint density at radius 2 is 1.94 bits per heavy atom. The second kappa shape index (κ2) is 9.94. The van der Waals surface area contributed by atoms with Gasteiger partial charge in [-0.05, 0) is 52.3 Å². The first-order chi connectivity index (χ1) is 16.7. The molecule has 0 fully saturated rings. The van der Waals surface area contributed by atoms with E-state index in [-0.39, 0.29) is 23.4 Å². The fraction of sp³-hybridized carbons (Fsp3) is 0.0800. The number of para-hydroxylation sites is 1. The Bertz CT molecular complexity index is 1560. The Hall–Kier alpha value is -3.61. The number of aromatic nitrogens is 2. The normalized spacial score (nSPS) is 11.7. The molecule has 0 amide bonds. The van der Waals surface area contributed by atoms with Gasteiger partial charge in [-0.3, -0.25) is 4.79 Å². The molecule has 1 heterocycles. The quantitative estimate of drug-likeness (QED) is 0.210. The molecule has 0 aliphatic heterocycles. The lowest BCUT2D eigenvalue weighted by molar-refractivity contribution is -0.137. The Labute approximate surface area is 211 Å². The zero-order chi connectivity index (χ0) is 25.2. The number of hydrogen-bond acceptors (Lipinski definition) is 4. The molecule has 4 rings (SSSR count). The van der Waals surface area contributed by atoms with Crippen LogP contribution in [0.2, 0.25) is 5.02 Å². The van der Waals surface area contributed by atoms with Crippen molar-refractivity contribution in [3.05, 3.63) is 91.6 Å². The molecule has 0 bridgehead atoms. The van der Waals surface area contributed by atoms with Gasteiger partial charge in [0, 0.05) is 16.1 Å². The molecule has 0 atom stereocenters. The van der Waals surface area contributed by atoms with Crippen LogP contribution in [-0.4, -0.2) is 22.5 Å². The lowest BCUT2D eigenvalue weighted by Gasteiger charge is -2.13. The second-order valence-corrected chi connectivity index (χ2v) is 8.48. The maximum absolute atomic E-state index is 13.3. The molecule has 10 heteroatoms. The highest BCUT2D eigenvalue weighted by Gasteiger charge is 2.31. The van der Waals surface area contributed by atoms with Crippen LogP contribution in [0.1, 0.15) is 11.1 Å². The molecule has 0 radical (unpaired) electrons. The predicted molar refractivity (Wildman–Crippen MR) is 133 cm³/mol. The van der Waals surface area contributed by atoms with Crippen LogP contribution < -0.4 is 10.3 Å². The van der Waals surface area contributed by atoms with Crippen molar-refractivity contribution < 1.29 is 17.9 Å². The predicted octanol–water partition coefficient (Wildman–Crippen LogP) is 6.39. The van der Waals surface area contributed by atoms with E-state index >= 15 is 0 Å². The van der Waals surface area contributed by atoms with Crippen LogP contribution in [0.25, 0.3) is 22.3 Å². The molecule has 4 aromatic rings. The molecule has 35 heavy (non-hydrogen) atoms. The number of nitrogens with zero attached hydrogens (tertiary/aromatic N) is 3. The van der Waals surface area contributed by atoms with E-state index in [2.05, 4.69) is 31.9 Å². The average molecular weight is 561 g/mol. The van der Waals surface area contributed by atoms with Crippen molar-refractivity contribution in [2.24, 2.45) is 5.10 Å². The molecular formula is C25H14BrClF3N3O2. The number of ether oxygens (including phenoxy) is 1. The lowest BCUT2D eigenvalue weighted by Crippen LogP contribution is -2.20. The highest BCUT2D eigenvalue weighted by atomic mass is 79.9. The number of rotatable bonds is 5. The maximum atomic E-state index is 13.3. The van der Waals surface area contributed by atoms with Crippen LogP contribution in [0.4, 0.5) is 13.2 Å². The molecule has 3 aromatic carbocycles. The van der Waals surface area contributed by atoms with E-state index < -0.39 is 17.3 Å². The number of alkyl halides is 3. The van der Waals surface area contributed by atoms with Crippen molar-refractivity contribution in [1.29, 1.82) is 0 Å². The third kappa shape index (κ3) is 5.24. The van der Waals surface area contributed by atoms with Crippen LogP contribution in [0.15, 0.2) is 75.0 Å². The third-order valence-electron chi connectivity index (χ3n) is 4.85. The van der Waals surface area contributed by atoms with Crippen LogP contribution in [0.3, 0.4) is 0 Å². The third-order valence-corrected chi connectivity index (χ3v) is 5.66. The van der Waals surface area contributed by atoms with Crippen molar-refractivity contribution in [2.45, 2.75) is 6.18 Å². The minimum Gasteiger partial charge on any atom is -0.479 e. The number of benzene rings is 3. The molecule has 0 saturated carbocycles. The van der Waals surface area contributed by atoms with Crippen LogP contribution in [0.5, 0.6) is 5.75 Å². The van der Waals surface area contributed by atoms with Crippen molar-refractivity contribution in [3.63, 3.8) is 0 Å². The monoisotopic (exact) mass is 559 g/mol. The molecule has 5 nitrogen and oxygen atoms in total.